The highest BCUT2D eigenvalue weighted by Crippen LogP contribution is 2.39. The Morgan fingerprint density at radius 1 is 1.03 bits per heavy atom. The van der Waals surface area contributed by atoms with Crippen LogP contribution in [0.15, 0.2) is 27.4 Å². The van der Waals surface area contributed by atoms with Crippen LogP contribution in [-0.4, -0.2) is 28.7 Å². The molecule has 3 atom stereocenters. The van der Waals surface area contributed by atoms with Crippen molar-refractivity contribution in [2.75, 3.05) is 0 Å². The molecule has 1 saturated carbocycles. The summed E-state index contributed by atoms with van der Waals surface area (Å²) in [7, 11) is 0. The summed E-state index contributed by atoms with van der Waals surface area (Å²) in [4.78, 5) is 51.3. The number of rotatable bonds is 4. The van der Waals surface area contributed by atoms with Gasteiger partial charge in [-0.3, -0.25) is 14.5 Å². The molecule has 7 heteroatoms. The Labute approximate surface area is 179 Å². The van der Waals surface area contributed by atoms with E-state index in [1.807, 2.05) is 12.1 Å². The van der Waals surface area contributed by atoms with Gasteiger partial charge in [-0.05, 0) is 62.3 Å². The van der Waals surface area contributed by atoms with Crippen LogP contribution in [0.3, 0.4) is 0 Å². The zero-order valence-electron chi connectivity index (χ0n) is 17.5. The first-order valence-electron chi connectivity index (χ1n) is 11.1. The van der Waals surface area contributed by atoms with Crippen LogP contribution in [0.5, 0.6) is 0 Å². The largest absolute Gasteiger partial charge is 0.459 e. The minimum absolute atomic E-state index is 0.118. The molecule has 0 spiro atoms. The molecule has 1 aromatic carbocycles. The van der Waals surface area contributed by atoms with Crippen LogP contribution in [0.2, 0.25) is 0 Å². The van der Waals surface area contributed by atoms with Gasteiger partial charge >= 0.3 is 11.6 Å². The van der Waals surface area contributed by atoms with E-state index in [-0.39, 0.29) is 30.3 Å². The van der Waals surface area contributed by atoms with Gasteiger partial charge in [0, 0.05) is 17.0 Å². The number of esters is 1. The van der Waals surface area contributed by atoms with Gasteiger partial charge in [-0.25, -0.2) is 9.59 Å². The van der Waals surface area contributed by atoms with Crippen molar-refractivity contribution in [2.24, 2.45) is 11.8 Å². The molecule has 2 aliphatic carbocycles. The van der Waals surface area contributed by atoms with Crippen molar-refractivity contribution in [1.82, 2.24) is 4.90 Å². The highest BCUT2D eigenvalue weighted by atomic mass is 16.5. The van der Waals surface area contributed by atoms with Crippen molar-refractivity contribution in [3.63, 3.8) is 0 Å². The summed E-state index contributed by atoms with van der Waals surface area (Å²) < 4.78 is 10.8. The Kier molecular flexibility index (Phi) is 4.91. The van der Waals surface area contributed by atoms with Crippen LogP contribution in [0.1, 0.15) is 55.7 Å². The van der Waals surface area contributed by atoms with Crippen LogP contribution in [-0.2, 0) is 38.6 Å². The SMILES string of the molecule is C[C@@H](C(=O)OCc1cc(=O)oc2cc3c(cc12)CCC3)N1C(=O)[C@H]2CCCC[C@@H]2C1=O. The maximum Gasteiger partial charge on any atom is 0.336 e. The van der Waals surface area contributed by atoms with Gasteiger partial charge in [0.05, 0.1) is 11.8 Å². The van der Waals surface area contributed by atoms with Crippen LogP contribution >= 0.6 is 0 Å². The highest BCUT2D eigenvalue weighted by molar-refractivity contribution is 6.07. The van der Waals surface area contributed by atoms with E-state index < -0.39 is 17.6 Å². The van der Waals surface area contributed by atoms with E-state index in [2.05, 4.69) is 0 Å². The summed E-state index contributed by atoms with van der Waals surface area (Å²) in [5.74, 6) is -1.79. The molecule has 1 saturated heterocycles. The lowest BCUT2D eigenvalue weighted by Gasteiger charge is -2.21. The molecule has 5 rings (SSSR count). The third-order valence-electron chi connectivity index (χ3n) is 7.02. The number of nitrogens with zero attached hydrogens (tertiary/aromatic N) is 1. The minimum Gasteiger partial charge on any atom is -0.459 e. The van der Waals surface area contributed by atoms with E-state index >= 15 is 0 Å². The summed E-state index contributed by atoms with van der Waals surface area (Å²) in [6.07, 6.45) is 6.26. The zero-order valence-corrected chi connectivity index (χ0v) is 17.5. The van der Waals surface area contributed by atoms with Gasteiger partial charge in [0.2, 0.25) is 11.8 Å². The number of ether oxygens (including phenoxy) is 1. The Bertz CT molecular complexity index is 1120. The second-order valence-corrected chi connectivity index (χ2v) is 8.89. The number of fused-ring (bicyclic) bond motifs is 3. The Morgan fingerprint density at radius 3 is 2.35 bits per heavy atom. The number of hydrogen-bond donors (Lipinski definition) is 0. The van der Waals surface area contributed by atoms with E-state index in [1.54, 1.807) is 0 Å². The number of benzene rings is 1. The van der Waals surface area contributed by atoms with Gasteiger partial charge in [-0.15, -0.1) is 0 Å². The van der Waals surface area contributed by atoms with E-state index in [0.29, 0.717) is 24.0 Å². The van der Waals surface area contributed by atoms with Gasteiger partial charge in [-0.1, -0.05) is 12.8 Å². The molecule has 31 heavy (non-hydrogen) atoms. The van der Waals surface area contributed by atoms with Crippen LogP contribution < -0.4 is 5.63 Å². The molecule has 3 aliphatic rings. The maximum atomic E-state index is 12.7. The predicted molar refractivity (Wildman–Crippen MR) is 111 cm³/mol. The monoisotopic (exact) mass is 423 g/mol. The van der Waals surface area contributed by atoms with Crippen LogP contribution in [0.25, 0.3) is 11.0 Å². The standard InChI is InChI=1S/C24H25NO6/c1-13(25-22(27)17-7-2-3-8-18(17)23(25)28)24(29)30-12-16-11-21(26)31-20-10-15-6-4-5-14(15)9-19(16)20/h9-11,13,17-18H,2-8,12H2,1H3/t13-,17-,18-/m0/s1. The molecular weight excluding hydrogens is 398 g/mol. The van der Waals surface area contributed by atoms with Crippen molar-refractivity contribution < 1.29 is 23.5 Å². The fraction of sp³-hybridized carbons (Fsp3) is 0.500. The zero-order chi connectivity index (χ0) is 21.7. The van der Waals surface area contributed by atoms with E-state index in [9.17, 15) is 19.2 Å². The molecule has 0 radical (unpaired) electrons. The van der Waals surface area contributed by atoms with Gasteiger partial charge in [0.15, 0.2) is 0 Å². The lowest BCUT2D eigenvalue weighted by atomic mass is 9.81. The van der Waals surface area contributed by atoms with Crippen LogP contribution in [0.4, 0.5) is 0 Å². The average molecular weight is 423 g/mol. The summed E-state index contributed by atoms with van der Waals surface area (Å²) in [5, 5.41) is 0.750. The molecule has 1 aliphatic heterocycles. The second-order valence-electron chi connectivity index (χ2n) is 8.89. The van der Waals surface area contributed by atoms with Crippen molar-refractivity contribution in [3.8, 4) is 0 Å². The van der Waals surface area contributed by atoms with E-state index in [4.69, 9.17) is 9.15 Å². The molecule has 2 fully saturated rings. The number of amides is 2. The Balaban J connectivity index is 1.35. The summed E-state index contributed by atoms with van der Waals surface area (Å²) in [6.45, 7) is 1.41. The van der Waals surface area contributed by atoms with E-state index in [0.717, 1.165) is 42.4 Å². The third kappa shape index (κ3) is 3.36. The minimum atomic E-state index is -0.985. The molecule has 0 N–H and O–H groups in total. The molecule has 0 unspecified atom stereocenters. The summed E-state index contributed by atoms with van der Waals surface area (Å²) in [6, 6.07) is 4.26. The normalized spacial score (nSPS) is 23.7. The van der Waals surface area contributed by atoms with Crippen molar-refractivity contribution in [1.29, 1.82) is 0 Å². The highest BCUT2D eigenvalue weighted by Gasteiger charge is 2.51. The molecule has 7 nitrogen and oxygen atoms in total. The quantitative estimate of drug-likeness (QED) is 0.426. The molecule has 0 bridgehead atoms. The third-order valence-corrected chi connectivity index (χ3v) is 7.02. The van der Waals surface area contributed by atoms with Gasteiger partial charge in [0.1, 0.15) is 18.2 Å². The fourth-order valence-electron chi connectivity index (χ4n) is 5.36. The summed E-state index contributed by atoms with van der Waals surface area (Å²) in [5.41, 5.74) is 2.96. The maximum absolute atomic E-state index is 12.7. The fourth-order valence-corrected chi connectivity index (χ4v) is 5.36. The lowest BCUT2D eigenvalue weighted by Crippen LogP contribution is -2.44. The number of hydrogen-bond acceptors (Lipinski definition) is 6. The van der Waals surface area contributed by atoms with E-state index in [1.165, 1.54) is 24.1 Å². The topological polar surface area (TPSA) is 93.9 Å². The smallest absolute Gasteiger partial charge is 0.336 e. The van der Waals surface area contributed by atoms with Gasteiger partial charge in [-0.2, -0.15) is 0 Å². The Morgan fingerprint density at radius 2 is 1.68 bits per heavy atom. The molecule has 1 aromatic heterocycles. The Hall–Kier alpha value is -2.96. The number of imide groups is 1. The number of likely N-dealkylation sites (tertiary alicyclic amines) is 1. The average Bonchev–Trinajstić information content (AvgIpc) is 3.32. The lowest BCUT2D eigenvalue weighted by molar-refractivity contribution is -0.159. The van der Waals surface area contributed by atoms with Crippen LogP contribution in [0, 0.1) is 11.8 Å². The first-order chi connectivity index (χ1) is 14.9. The van der Waals surface area contributed by atoms with Crippen molar-refractivity contribution in [2.45, 2.75) is 64.5 Å². The number of aryl methyl sites for hydroxylation is 2. The molecular formula is C24H25NO6. The summed E-state index contributed by atoms with van der Waals surface area (Å²) >= 11 is 0. The second kappa shape index (κ2) is 7.62. The molecule has 2 aromatic rings. The van der Waals surface area contributed by atoms with Crippen molar-refractivity contribution in [3.05, 3.63) is 45.3 Å². The van der Waals surface area contributed by atoms with Gasteiger partial charge in [0.25, 0.3) is 0 Å². The van der Waals surface area contributed by atoms with Gasteiger partial charge < -0.3 is 9.15 Å². The molecule has 2 amide bonds. The van der Waals surface area contributed by atoms with Crippen molar-refractivity contribution >= 4 is 28.8 Å². The predicted octanol–water partition coefficient (Wildman–Crippen LogP) is 2.89. The molecule has 162 valence electrons. The number of carbonyl (C=O) groups excluding carboxylic acids is 3. The first kappa shape index (κ1) is 20.0. The first-order valence-corrected chi connectivity index (χ1v) is 11.1. The molecule has 2 heterocycles. The number of carbonyl (C=O) groups is 3.